The summed E-state index contributed by atoms with van der Waals surface area (Å²) >= 11 is 8.43. The van der Waals surface area contributed by atoms with Crippen LogP contribution in [0.15, 0.2) is 36.4 Å². The van der Waals surface area contributed by atoms with Gasteiger partial charge in [0.25, 0.3) is 0 Å². The van der Waals surface area contributed by atoms with Crippen molar-refractivity contribution in [1.82, 2.24) is 9.55 Å². The summed E-state index contributed by atoms with van der Waals surface area (Å²) in [4.78, 5) is 4.77. The van der Waals surface area contributed by atoms with Crippen LogP contribution >= 0.6 is 34.2 Å². The SMILES string of the molecule is CC(C)n1c(-c2cc(I)ccc2N)nc2ccc(Cl)cc21. The maximum absolute atomic E-state index is 6.16. The quantitative estimate of drug-likeness (QED) is 0.469. The van der Waals surface area contributed by atoms with E-state index in [1.54, 1.807) is 0 Å². The highest BCUT2D eigenvalue weighted by Crippen LogP contribution is 2.33. The number of anilines is 1. The Morgan fingerprint density at radius 1 is 1.19 bits per heavy atom. The van der Waals surface area contributed by atoms with Gasteiger partial charge in [-0.2, -0.15) is 0 Å². The number of hydrogen-bond donors (Lipinski definition) is 1. The van der Waals surface area contributed by atoms with Crippen LogP contribution in [0.2, 0.25) is 5.02 Å². The molecule has 0 aliphatic carbocycles. The summed E-state index contributed by atoms with van der Waals surface area (Å²) in [6, 6.07) is 12.0. The van der Waals surface area contributed by atoms with Gasteiger partial charge in [0.05, 0.1) is 11.0 Å². The van der Waals surface area contributed by atoms with Crippen molar-refractivity contribution in [2.75, 3.05) is 5.73 Å². The van der Waals surface area contributed by atoms with Crippen LogP contribution in [-0.2, 0) is 0 Å². The molecule has 0 bridgehead atoms. The normalized spacial score (nSPS) is 11.5. The van der Waals surface area contributed by atoms with Crippen LogP contribution < -0.4 is 5.73 Å². The summed E-state index contributed by atoms with van der Waals surface area (Å²) in [5.74, 6) is 0.887. The van der Waals surface area contributed by atoms with E-state index in [1.165, 1.54) is 0 Å². The smallest absolute Gasteiger partial charge is 0.143 e. The number of hydrogen-bond acceptors (Lipinski definition) is 2. The molecule has 3 nitrogen and oxygen atoms in total. The van der Waals surface area contributed by atoms with E-state index in [1.807, 2.05) is 30.3 Å². The van der Waals surface area contributed by atoms with Crippen LogP contribution in [0.1, 0.15) is 19.9 Å². The Labute approximate surface area is 142 Å². The standard InChI is InChI=1S/C16H15ClIN3/c1-9(2)21-15-7-10(17)3-6-14(15)20-16(21)12-8-11(18)4-5-13(12)19/h3-9H,19H2,1-2H3. The zero-order chi connectivity index (χ0) is 15.1. The second-order valence-corrected chi connectivity index (χ2v) is 6.95. The molecule has 0 saturated carbocycles. The fourth-order valence-electron chi connectivity index (χ4n) is 2.50. The number of halogens is 2. The zero-order valence-corrected chi connectivity index (χ0v) is 14.7. The van der Waals surface area contributed by atoms with Crippen LogP contribution in [0, 0.1) is 3.57 Å². The van der Waals surface area contributed by atoms with Crippen LogP contribution in [0.3, 0.4) is 0 Å². The number of rotatable bonds is 2. The Morgan fingerprint density at radius 2 is 1.95 bits per heavy atom. The summed E-state index contributed by atoms with van der Waals surface area (Å²) in [5, 5.41) is 0.714. The van der Waals surface area contributed by atoms with Crippen molar-refractivity contribution >= 4 is 50.9 Å². The van der Waals surface area contributed by atoms with E-state index in [0.29, 0.717) is 5.02 Å². The lowest BCUT2D eigenvalue weighted by Crippen LogP contribution is -2.04. The van der Waals surface area contributed by atoms with Gasteiger partial charge in [0.1, 0.15) is 5.82 Å². The molecule has 1 heterocycles. The van der Waals surface area contributed by atoms with Crippen molar-refractivity contribution in [3.63, 3.8) is 0 Å². The zero-order valence-electron chi connectivity index (χ0n) is 11.8. The van der Waals surface area contributed by atoms with Gasteiger partial charge in [-0.25, -0.2) is 4.98 Å². The number of aromatic nitrogens is 2. The molecule has 3 aromatic rings. The van der Waals surface area contributed by atoms with Crippen LogP contribution in [0.4, 0.5) is 5.69 Å². The Morgan fingerprint density at radius 3 is 2.67 bits per heavy atom. The lowest BCUT2D eigenvalue weighted by atomic mass is 10.1. The molecule has 0 saturated heterocycles. The van der Waals surface area contributed by atoms with E-state index in [9.17, 15) is 0 Å². The van der Waals surface area contributed by atoms with Crippen molar-refractivity contribution in [2.45, 2.75) is 19.9 Å². The lowest BCUT2D eigenvalue weighted by molar-refractivity contribution is 0.624. The largest absolute Gasteiger partial charge is 0.398 e. The molecule has 0 aliphatic rings. The predicted octanol–water partition coefficient (Wildman–Crippen LogP) is 5.12. The van der Waals surface area contributed by atoms with Crippen molar-refractivity contribution < 1.29 is 0 Å². The molecule has 2 N–H and O–H groups in total. The molecular weight excluding hydrogens is 397 g/mol. The van der Waals surface area contributed by atoms with E-state index >= 15 is 0 Å². The Kier molecular flexibility index (Phi) is 3.84. The summed E-state index contributed by atoms with van der Waals surface area (Å²) < 4.78 is 3.32. The number of fused-ring (bicyclic) bond motifs is 1. The minimum Gasteiger partial charge on any atom is -0.398 e. The average molecular weight is 412 g/mol. The van der Waals surface area contributed by atoms with Crippen LogP contribution in [0.25, 0.3) is 22.4 Å². The molecule has 0 unspecified atom stereocenters. The van der Waals surface area contributed by atoms with Gasteiger partial charge in [-0.15, -0.1) is 0 Å². The molecular formula is C16H15ClIN3. The molecule has 2 aromatic carbocycles. The molecule has 3 rings (SSSR count). The number of nitrogens with two attached hydrogens (primary N) is 1. The predicted molar refractivity (Wildman–Crippen MR) is 97.7 cm³/mol. The van der Waals surface area contributed by atoms with Crippen LogP contribution in [0.5, 0.6) is 0 Å². The summed E-state index contributed by atoms with van der Waals surface area (Å²) in [6.45, 7) is 4.27. The first-order valence-electron chi connectivity index (χ1n) is 6.70. The van der Waals surface area contributed by atoms with Gasteiger partial charge in [-0.1, -0.05) is 11.6 Å². The molecule has 0 atom stereocenters. The molecule has 0 aliphatic heterocycles. The van der Waals surface area contributed by atoms with Crippen molar-refractivity contribution in [3.8, 4) is 11.4 Å². The van der Waals surface area contributed by atoms with E-state index in [4.69, 9.17) is 22.3 Å². The topological polar surface area (TPSA) is 43.8 Å². The second-order valence-electron chi connectivity index (χ2n) is 5.26. The monoisotopic (exact) mass is 411 g/mol. The summed E-state index contributed by atoms with van der Waals surface area (Å²) in [7, 11) is 0. The van der Waals surface area contributed by atoms with Crippen molar-refractivity contribution in [1.29, 1.82) is 0 Å². The van der Waals surface area contributed by atoms with E-state index in [2.05, 4.69) is 47.1 Å². The minimum atomic E-state index is 0.265. The maximum Gasteiger partial charge on any atom is 0.143 e. The average Bonchev–Trinajstić information content (AvgIpc) is 2.79. The molecule has 1 aromatic heterocycles. The summed E-state index contributed by atoms with van der Waals surface area (Å²) in [5.41, 5.74) is 9.82. The Balaban J connectivity index is 2.36. The highest BCUT2D eigenvalue weighted by atomic mass is 127. The molecule has 5 heteroatoms. The third kappa shape index (κ3) is 2.62. The van der Waals surface area contributed by atoms with E-state index < -0.39 is 0 Å². The van der Waals surface area contributed by atoms with Gasteiger partial charge >= 0.3 is 0 Å². The second kappa shape index (κ2) is 5.50. The van der Waals surface area contributed by atoms with Crippen molar-refractivity contribution in [2.24, 2.45) is 0 Å². The lowest BCUT2D eigenvalue weighted by Gasteiger charge is -2.14. The Bertz CT molecular complexity index is 824. The molecule has 0 spiro atoms. The van der Waals surface area contributed by atoms with Gasteiger partial charge < -0.3 is 10.3 Å². The van der Waals surface area contributed by atoms with Crippen LogP contribution in [-0.4, -0.2) is 9.55 Å². The maximum atomic E-state index is 6.16. The molecule has 21 heavy (non-hydrogen) atoms. The Hall–Kier alpha value is -1.27. The fourth-order valence-corrected chi connectivity index (χ4v) is 3.16. The minimum absolute atomic E-state index is 0.265. The highest BCUT2D eigenvalue weighted by Gasteiger charge is 2.17. The molecule has 0 radical (unpaired) electrons. The van der Waals surface area contributed by atoms with Gasteiger partial charge in [0.15, 0.2) is 0 Å². The van der Waals surface area contributed by atoms with Gasteiger partial charge in [0.2, 0.25) is 0 Å². The number of nitrogens with zero attached hydrogens (tertiary/aromatic N) is 2. The van der Waals surface area contributed by atoms with Crippen molar-refractivity contribution in [3.05, 3.63) is 45.0 Å². The highest BCUT2D eigenvalue weighted by molar-refractivity contribution is 14.1. The first kappa shape index (κ1) is 14.7. The number of nitrogen functional groups attached to an aromatic ring is 1. The van der Waals surface area contributed by atoms with E-state index in [0.717, 1.165) is 31.7 Å². The number of imidazole rings is 1. The third-order valence-corrected chi connectivity index (χ3v) is 4.33. The molecule has 0 amide bonds. The molecule has 108 valence electrons. The first-order valence-corrected chi connectivity index (χ1v) is 8.16. The summed E-state index contributed by atoms with van der Waals surface area (Å²) in [6.07, 6.45) is 0. The third-order valence-electron chi connectivity index (χ3n) is 3.42. The molecule has 0 fully saturated rings. The van der Waals surface area contributed by atoms with Gasteiger partial charge in [0, 0.05) is 25.9 Å². The van der Waals surface area contributed by atoms with Gasteiger partial charge in [-0.3, -0.25) is 0 Å². The fraction of sp³-hybridized carbons (Fsp3) is 0.188. The van der Waals surface area contributed by atoms with E-state index in [-0.39, 0.29) is 6.04 Å². The first-order chi connectivity index (χ1) is 9.97. The number of benzene rings is 2. The van der Waals surface area contributed by atoms with Gasteiger partial charge in [-0.05, 0) is 72.8 Å².